The molecule has 0 aliphatic heterocycles. The molecule has 0 radical (unpaired) electrons. The van der Waals surface area contributed by atoms with Gasteiger partial charge >= 0.3 is 0 Å². The van der Waals surface area contributed by atoms with Crippen molar-refractivity contribution in [2.75, 3.05) is 13.6 Å². The average molecular weight is 173 g/mol. The van der Waals surface area contributed by atoms with Gasteiger partial charge in [-0.1, -0.05) is 27.7 Å². The highest BCUT2D eigenvalue weighted by Gasteiger charge is 2.12. The van der Waals surface area contributed by atoms with Crippen LogP contribution in [0.2, 0.25) is 0 Å². The predicted octanol–water partition coefficient (Wildman–Crippen LogP) is 2.54. The van der Waals surface area contributed by atoms with Gasteiger partial charge < -0.3 is 4.90 Å². The minimum atomic E-state index is 0.185. The lowest BCUT2D eigenvalue weighted by Gasteiger charge is -2.18. The topological polar surface area (TPSA) is 20.3 Å². The standard InChI is InChI=1S/C8H17NO.C2H6/c1-5-7(3)8(10)9(4)6-2;1-2/h7H,5-6H2,1-4H3;1-2H3. The molecule has 2 nitrogen and oxygen atoms in total. The fraction of sp³-hybridized carbons (Fsp3) is 0.900. The normalized spacial score (nSPS) is 11.2. The maximum Gasteiger partial charge on any atom is 0.225 e. The molecule has 1 unspecified atom stereocenters. The number of nitrogens with zero attached hydrogens (tertiary/aromatic N) is 1. The largest absolute Gasteiger partial charge is 0.346 e. The molecular formula is C10H23NO. The second kappa shape index (κ2) is 8.57. The molecule has 0 fully saturated rings. The van der Waals surface area contributed by atoms with Crippen LogP contribution in [0.3, 0.4) is 0 Å². The van der Waals surface area contributed by atoms with Crippen LogP contribution in [0.15, 0.2) is 0 Å². The van der Waals surface area contributed by atoms with Gasteiger partial charge in [0.1, 0.15) is 0 Å². The van der Waals surface area contributed by atoms with Gasteiger partial charge in [-0.15, -0.1) is 0 Å². The highest BCUT2D eigenvalue weighted by Crippen LogP contribution is 2.03. The lowest BCUT2D eigenvalue weighted by atomic mass is 10.1. The molecule has 0 rings (SSSR count). The Morgan fingerprint density at radius 3 is 2.00 bits per heavy atom. The molecule has 0 bridgehead atoms. The van der Waals surface area contributed by atoms with Gasteiger partial charge in [0, 0.05) is 19.5 Å². The van der Waals surface area contributed by atoms with Crippen molar-refractivity contribution in [2.24, 2.45) is 5.92 Å². The zero-order valence-electron chi connectivity index (χ0n) is 9.35. The SMILES string of the molecule is CC.CCC(C)C(=O)N(C)CC. The van der Waals surface area contributed by atoms with E-state index in [1.54, 1.807) is 4.90 Å². The van der Waals surface area contributed by atoms with Crippen LogP contribution in [0.4, 0.5) is 0 Å². The van der Waals surface area contributed by atoms with Gasteiger partial charge in [-0.2, -0.15) is 0 Å². The number of amides is 1. The molecule has 0 N–H and O–H groups in total. The molecule has 2 heteroatoms. The van der Waals surface area contributed by atoms with Crippen LogP contribution in [0, 0.1) is 5.92 Å². The van der Waals surface area contributed by atoms with Crippen molar-refractivity contribution < 1.29 is 4.79 Å². The van der Waals surface area contributed by atoms with Crippen molar-refractivity contribution in [1.29, 1.82) is 0 Å². The summed E-state index contributed by atoms with van der Waals surface area (Å²) in [6.07, 6.45) is 0.934. The van der Waals surface area contributed by atoms with Gasteiger partial charge in [0.15, 0.2) is 0 Å². The highest BCUT2D eigenvalue weighted by molar-refractivity contribution is 5.78. The van der Waals surface area contributed by atoms with Crippen LogP contribution in [-0.2, 0) is 4.79 Å². The van der Waals surface area contributed by atoms with Gasteiger partial charge in [0.25, 0.3) is 0 Å². The summed E-state index contributed by atoms with van der Waals surface area (Å²) in [5.41, 5.74) is 0. The van der Waals surface area contributed by atoms with E-state index in [4.69, 9.17) is 0 Å². The average Bonchev–Trinajstić information content (AvgIpc) is 2.17. The van der Waals surface area contributed by atoms with Crippen molar-refractivity contribution in [2.45, 2.75) is 41.0 Å². The van der Waals surface area contributed by atoms with Gasteiger partial charge in [0.05, 0.1) is 0 Å². The van der Waals surface area contributed by atoms with Gasteiger partial charge in [0.2, 0.25) is 5.91 Å². The van der Waals surface area contributed by atoms with E-state index in [1.165, 1.54) is 0 Å². The van der Waals surface area contributed by atoms with E-state index in [0.717, 1.165) is 13.0 Å². The van der Waals surface area contributed by atoms with Crippen LogP contribution < -0.4 is 0 Å². The Labute approximate surface area is 77.0 Å². The zero-order valence-corrected chi connectivity index (χ0v) is 9.35. The van der Waals surface area contributed by atoms with E-state index in [1.807, 2.05) is 41.7 Å². The fourth-order valence-electron chi connectivity index (χ4n) is 0.707. The Bertz CT molecular complexity index is 100. The second-order valence-electron chi connectivity index (χ2n) is 2.66. The molecular weight excluding hydrogens is 150 g/mol. The number of hydrogen-bond acceptors (Lipinski definition) is 1. The Kier molecular flexibility index (Phi) is 10.0. The van der Waals surface area contributed by atoms with Crippen molar-refractivity contribution >= 4 is 5.91 Å². The Morgan fingerprint density at radius 1 is 1.33 bits per heavy atom. The maximum absolute atomic E-state index is 11.2. The third-order valence-electron chi connectivity index (χ3n) is 1.88. The van der Waals surface area contributed by atoms with E-state index < -0.39 is 0 Å². The Morgan fingerprint density at radius 2 is 1.75 bits per heavy atom. The molecule has 0 aromatic carbocycles. The fourth-order valence-corrected chi connectivity index (χ4v) is 0.707. The summed E-state index contributed by atoms with van der Waals surface area (Å²) in [4.78, 5) is 13.0. The van der Waals surface area contributed by atoms with Crippen molar-refractivity contribution in [3.63, 3.8) is 0 Å². The maximum atomic E-state index is 11.2. The van der Waals surface area contributed by atoms with Crippen LogP contribution in [-0.4, -0.2) is 24.4 Å². The zero-order chi connectivity index (χ0) is 10.1. The van der Waals surface area contributed by atoms with Gasteiger partial charge in [-0.05, 0) is 13.3 Å². The third-order valence-corrected chi connectivity index (χ3v) is 1.88. The molecule has 0 aromatic rings. The summed E-state index contributed by atoms with van der Waals surface area (Å²) in [6.45, 7) is 10.8. The first kappa shape index (κ1) is 14.0. The number of carbonyl (C=O) groups excluding carboxylic acids is 1. The monoisotopic (exact) mass is 173 g/mol. The lowest BCUT2D eigenvalue weighted by Crippen LogP contribution is -2.30. The first-order valence-electron chi connectivity index (χ1n) is 4.88. The van der Waals surface area contributed by atoms with Crippen LogP contribution >= 0.6 is 0 Å². The molecule has 0 spiro atoms. The van der Waals surface area contributed by atoms with Gasteiger partial charge in [-0.3, -0.25) is 4.79 Å². The lowest BCUT2D eigenvalue weighted by molar-refractivity contribution is -0.133. The predicted molar refractivity (Wildman–Crippen MR) is 54.1 cm³/mol. The molecule has 1 amide bonds. The summed E-state index contributed by atoms with van der Waals surface area (Å²) >= 11 is 0. The first-order valence-corrected chi connectivity index (χ1v) is 4.88. The summed E-state index contributed by atoms with van der Waals surface area (Å²) in [7, 11) is 1.84. The highest BCUT2D eigenvalue weighted by atomic mass is 16.2. The molecule has 0 aromatic heterocycles. The van der Waals surface area contributed by atoms with E-state index in [0.29, 0.717) is 0 Å². The van der Waals surface area contributed by atoms with E-state index in [2.05, 4.69) is 0 Å². The number of rotatable bonds is 3. The number of carbonyl (C=O) groups is 1. The molecule has 0 aliphatic rings. The summed E-state index contributed by atoms with van der Waals surface area (Å²) in [5.74, 6) is 0.440. The molecule has 0 saturated heterocycles. The summed E-state index contributed by atoms with van der Waals surface area (Å²) in [6, 6.07) is 0. The van der Waals surface area contributed by atoms with Crippen molar-refractivity contribution in [3.05, 3.63) is 0 Å². The van der Waals surface area contributed by atoms with Crippen LogP contribution in [0.1, 0.15) is 41.0 Å². The van der Waals surface area contributed by atoms with Gasteiger partial charge in [-0.25, -0.2) is 0 Å². The Hall–Kier alpha value is -0.530. The van der Waals surface area contributed by atoms with Crippen molar-refractivity contribution in [3.8, 4) is 0 Å². The summed E-state index contributed by atoms with van der Waals surface area (Å²) < 4.78 is 0. The van der Waals surface area contributed by atoms with E-state index >= 15 is 0 Å². The van der Waals surface area contributed by atoms with Crippen LogP contribution in [0.5, 0.6) is 0 Å². The van der Waals surface area contributed by atoms with Crippen molar-refractivity contribution in [1.82, 2.24) is 4.90 Å². The van der Waals surface area contributed by atoms with E-state index in [9.17, 15) is 4.79 Å². The quantitative estimate of drug-likeness (QED) is 0.642. The minimum Gasteiger partial charge on any atom is -0.346 e. The minimum absolute atomic E-state index is 0.185. The second-order valence-corrected chi connectivity index (χ2v) is 2.66. The molecule has 0 heterocycles. The number of hydrogen-bond donors (Lipinski definition) is 0. The Balaban J connectivity index is 0. The molecule has 74 valence electrons. The summed E-state index contributed by atoms with van der Waals surface area (Å²) in [5, 5.41) is 0. The molecule has 0 aliphatic carbocycles. The molecule has 1 atom stereocenters. The van der Waals surface area contributed by atoms with E-state index in [-0.39, 0.29) is 11.8 Å². The smallest absolute Gasteiger partial charge is 0.225 e. The molecule has 12 heavy (non-hydrogen) atoms. The first-order chi connectivity index (χ1) is 5.63. The third kappa shape index (κ3) is 5.16. The van der Waals surface area contributed by atoms with Crippen LogP contribution in [0.25, 0.3) is 0 Å². The molecule has 0 saturated carbocycles.